The number of aliphatic hydroxyl groups excluding tert-OH is 1. The Labute approximate surface area is 76.9 Å². The Morgan fingerprint density at radius 2 is 1.92 bits per heavy atom. The Balaban J connectivity index is 3.06. The van der Waals surface area contributed by atoms with Gasteiger partial charge in [0, 0.05) is 0 Å². The van der Waals surface area contributed by atoms with Crippen molar-refractivity contribution in [2.24, 2.45) is 0 Å². The van der Waals surface area contributed by atoms with E-state index < -0.39 is 23.6 Å². The van der Waals surface area contributed by atoms with Crippen molar-refractivity contribution in [3.63, 3.8) is 0 Å². The molecule has 1 rings (SSSR count). The van der Waals surface area contributed by atoms with Crippen LogP contribution in [0.1, 0.15) is 27.7 Å². The number of carbonyl (C=O) groups excluding carboxylic acids is 1. The molecular weight excluding hydrogens is 174 g/mol. The molecular formula is C8H15NO4. The fraction of sp³-hybridized carbons (Fsp3) is 0.875. The highest BCUT2D eigenvalue weighted by molar-refractivity contribution is 5.72. The van der Waals surface area contributed by atoms with Crippen molar-refractivity contribution in [1.29, 1.82) is 0 Å². The maximum atomic E-state index is 11.2. The second-order valence-electron chi connectivity index (χ2n) is 3.90. The summed E-state index contributed by atoms with van der Waals surface area (Å²) in [6, 6.07) is 0. The molecule has 0 aliphatic carbocycles. The van der Waals surface area contributed by atoms with Crippen molar-refractivity contribution in [3.8, 4) is 0 Å². The summed E-state index contributed by atoms with van der Waals surface area (Å²) >= 11 is 0. The minimum atomic E-state index is -1.49. The van der Waals surface area contributed by atoms with Crippen LogP contribution in [0.3, 0.4) is 0 Å². The summed E-state index contributed by atoms with van der Waals surface area (Å²) in [7, 11) is 0. The first kappa shape index (κ1) is 10.3. The summed E-state index contributed by atoms with van der Waals surface area (Å²) in [4.78, 5) is 12.1. The molecule has 0 radical (unpaired) electrons. The van der Waals surface area contributed by atoms with Gasteiger partial charge in [-0.3, -0.25) is 4.90 Å². The molecule has 0 aromatic heterocycles. The number of ether oxygens (including phenoxy) is 1. The van der Waals surface area contributed by atoms with E-state index in [1.54, 1.807) is 13.8 Å². The minimum absolute atomic E-state index is 0.704. The molecule has 5 heteroatoms. The smallest absolute Gasteiger partial charge is 0.414 e. The number of nitrogens with zero attached hydrogens (tertiary/aromatic N) is 1. The van der Waals surface area contributed by atoms with Crippen LogP contribution in [-0.4, -0.2) is 38.8 Å². The molecule has 2 unspecified atom stereocenters. The average Bonchev–Trinajstić information content (AvgIpc) is 1.96. The fourth-order valence-electron chi connectivity index (χ4n) is 1.35. The van der Waals surface area contributed by atoms with E-state index in [1.165, 1.54) is 13.8 Å². The van der Waals surface area contributed by atoms with Gasteiger partial charge in [-0.2, -0.15) is 0 Å². The molecule has 2 N–H and O–H groups in total. The van der Waals surface area contributed by atoms with Crippen LogP contribution in [0.15, 0.2) is 0 Å². The number of aliphatic hydroxyl groups is 2. The van der Waals surface area contributed by atoms with E-state index in [2.05, 4.69) is 0 Å². The van der Waals surface area contributed by atoms with Gasteiger partial charge in [0.05, 0.1) is 0 Å². The van der Waals surface area contributed by atoms with Gasteiger partial charge in [-0.1, -0.05) is 0 Å². The second kappa shape index (κ2) is 2.59. The van der Waals surface area contributed by atoms with E-state index in [0.717, 1.165) is 4.90 Å². The third kappa shape index (κ3) is 1.28. The highest BCUT2D eigenvalue weighted by Gasteiger charge is 2.57. The Morgan fingerprint density at radius 3 is 2.08 bits per heavy atom. The molecule has 1 aliphatic heterocycles. The van der Waals surface area contributed by atoms with Gasteiger partial charge in [-0.25, -0.2) is 4.79 Å². The molecule has 0 aromatic rings. The molecule has 1 aliphatic rings. The fourth-order valence-corrected chi connectivity index (χ4v) is 1.35. The van der Waals surface area contributed by atoms with E-state index in [-0.39, 0.29) is 0 Å². The zero-order chi connectivity index (χ0) is 10.4. The van der Waals surface area contributed by atoms with Gasteiger partial charge in [0.25, 0.3) is 0 Å². The summed E-state index contributed by atoms with van der Waals surface area (Å²) in [5.41, 5.74) is -2.50. The molecule has 0 aromatic carbocycles. The van der Waals surface area contributed by atoms with Crippen molar-refractivity contribution in [2.75, 3.05) is 0 Å². The third-order valence-electron chi connectivity index (χ3n) is 2.52. The number of rotatable bonds is 1. The summed E-state index contributed by atoms with van der Waals surface area (Å²) < 4.78 is 4.91. The average molecular weight is 189 g/mol. The molecule has 5 nitrogen and oxygen atoms in total. The van der Waals surface area contributed by atoms with Gasteiger partial charge in [0.2, 0.25) is 0 Å². The van der Waals surface area contributed by atoms with E-state index in [9.17, 15) is 15.0 Å². The first-order chi connectivity index (χ1) is 5.70. The Hall–Kier alpha value is -0.810. The van der Waals surface area contributed by atoms with Crippen LogP contribution in [0.25, 0.3) is 0 Å². The van der Waals surface area contributed by atoms with Gasteiger partial charge in [0.15, 0.2) is 11.3 Å². The largest absolute Gasteiger partial charge is 0.438 e. The van der Waals surface area contributed by atoms with Crippen LogP contribution < -0.4 is 0 Å². The molecule has 1 amide bonds. The standard InChI is InChI=1S/C8H15NO4/c1-5(10)9-6(11)13-7(2,3)8(9,4)12/h5,10,12H,1-4H3. The lowest BCUT2D eigenvalue weighted by Gasteiger charge is -2.36. The van der Waals surface area contributed by atoms with Gasteiger partial charge in [0.1, 0.15) is 6.23 Å². The third-order valence-corrected chi connectivity index (χ3v) is 2.52. The van der Waals surface area contributed by atoms with Crippen molar-refractivity contribution < 1.29 is 19.7 Å². The lowest BCUT2D eigenvalue weighted by molar-refractivity contribution is -0.161. The van der Waals surface area contributed by atoms with Crippen LogP contribution in [0.2, 0.25) is 0 Å². The first-order valence-electron chi connectivity index (χ1n) is 4.13. The molecule has 0 saturated carbocycles. The SMILES string of the molecule is CC(O)N1C(=O)OC(C)(C)C1(C)O. The van der Waals surface area contributed by atoms with Crippen molar-refractivity contribution in [1.82, 2.24) is 4.90 Å². The van der Waals surface area contributed by atoms with E-state index in [4.69, 9.17) is 4.74 Å². The number of amides is 1. The van der Waals surface area contributed by atoms with Crippen molar-refractivity contribution in [2.45, 2.75) is 45.2 Å². The highest BCUT2D eigenvalue weighted by Crippen LogP contribution is 2.37. The van der Waals surface area contributed by atoms with Crippen LogP contribution in [-0.2, 0) is 4.74 Å². The van der Waals surface area contributed by atoms with Gasteiger partial charge in [-0.05, 0) is 27.7 Å². The number of cyclic esters (lactones) is 1. The second-order valence-corrected chi connectivity index (χ2v) is 3.90. The Kier molecular flexibility index (Phi) is 2.04. The van der Waals surface area contributed by atoms with E-state index in [0.29, 0.717) is 0 Å². The van der Waals surface area contributed by atoms with Crippen LogP contribution in [0.4, 0.5) is 4.79 Å². The van der Waals surface area contributed by atoms with Gasteiger partial charge >= 0.3 is 6.09 Å². The van der Waals surface area contributed by atoms with Gasteiger partial charge < -0.3 is 14.9 Å². The van der Waals surface area contributed by atoms with Crippen molar-refractivity contribution in [3.05, 3.63) is 0 Å². The van der Waals surface area contributed by atoms with Crippen LogP contribution in [0, 0.1) is 0 Å². The van der Waals surface area contributed by atoms with E-state index >= 15 is 0 Å². The molecule has 13 heavy (non-hydrogen) atoms. The maximum absolute atomic E-state index is 11.2. The molecule has 76 valence electrons. The lowest BCUT2D eigenvalue weighted by atomic mass is 9.96. The highest BCUT2D eigenvalue weighted by atomic mass is 16.6. The van der Waals surface area contributed by atoms with Crippen molar-refractivity contribution >= 4 is 6.09 Å². The van der Waals surface area contributed by atoms with E-state index in [1.807, 2.05) is 0 Å². The summed E-state index contributed by atoms with van der Waals surface area (Å²) in [6.07, 6.45) is -1.77. The summed E-state index contributed by atoms with van der Waals surface area (Å²) in [6.45, 7) is 6.02. The monoisotopic (exact) mass is 189 g/mol. The lowest BCUT2D eigenvalue weighted by Crippen LogP contribution is -2.56. The van der Waals surface area contributed by atoms with Crippen LogP contribution >= 0.6 is 0 Å². The topological polar surface area (TPSA) is 70.0 Å². The number of hydrogen-bond acceptors (Lipinski definition) is 4. The predicted molar refractivity (Wildman–Crippen MR) is 44.7 cm³/mol. The maximum Gasteiger partial charge on any atom is 0.414 e. The summed E-state index contributed by atoms with van der Waals surface area (Å²) in [5, 5.41) is 19.2. The van der Waals surface area contributed by atoms with Gasteiger partial charge in [-0.15, -0.1) is 0 Å². The minimum Gasteiger partial charge on any atom is -0.438 e. The molecule has 1 fully saturated rings. The number of carbonyl (C=O) groups is 1. The Morgan fingerprint density at radius 1 is 1.46 bits per heavy atom. The first-order valence-corrected chi connectivity index (χ1v) is 4.13. The molecule has 0 spiro atoms. The molecule has 2 atom stereocenters. The predicted octanol–water partition coefficient (Wildman–Crippen LogP) is 0.264. The molecule has 0 bridgehead atoms. The van der Waals surface area contributed by atoms with Crippen LogP contribution in [0.5, 0.6) is 0 Å². The number of hydrogen-bond donors (Lipinski definition) is 2. The molecule has 1 saturated heterocycles. The summed E-state index contributed by atoms with van der Waals surface area (Å²) in [5.74, 6) is 0. The zero-order valence-corrected chi connectivity index (χ0v) is 8.24. The zero-order valence-electron chi connectivity index (χ0n) is 8.24. The normalized spacial score (nSPS) is 34.6. The molecule has 1 heterocycles. The Bertz CT molecular complexity index is 234. The quantitative estimate of drug-likeness (QED) is 0.621.